The van der Waals surface area contributed by atoms with Crippen molar-refractivity contribution >= 4 is 38.4 Å². The van der Waals surface area contributed by atoms with Gasteiger partial charge in [0.15, 0.2) is 0 Å². The van der Waals surface area contributed by atoms with Crippen molar-refractivity contribution in [2.24, 2.45) is 0 Å². The Bertz CT molecular complexity index is 1220. The molecular formula is C20H14F4N2O2S. The largest absolute Gasteiger partial charge is 0.481 e. The molecule has 0 bridgehead atoms. The quantitative estimate of drug-likeness (QED) is 0.449. The lowest BCUT2D eigenvalue weighted by molar-refractivity contribution is -0.140. The molecule has 0 radical (unpaired) electrons. The number of hydrogen-bond acceptors (Lipinski definition) is 3. The summed E-state index contributed by atoms with van der Waals surface area (Å²) in [6.45, 7) is 1.82. The van der Waals surface area contributed by atoms with Gasteiger partial charge in [0.05, 0.1) is 34.3 Å². The van der Waals surface area contributed by atoms with E-state index in [2.05, 4.69) is 4.98 Å². The Morgan fingerprint density at radius 3 is 2.62 bits per heavy atom. The number of benzene rings is 2. The number of carboxylic acids is 1. The minimum absolute atomic E-state index is 0.0831. The fourth-order valence-electron chi connectivity index (χ4n) is 3.48. The standard InChI is InChI=1S/C20H14F4N2O2S/c1-10-11(7-19(27)28)12-6-13(20(22,23)24)14(21)8-16(12)26(10)9-18-25-15-4-2-3-5-17(15)29-18/h2-6,8H,7,9H2,1H3,(H,27,28). The molecule has 2 aromatic heterocycles. The second kappa shape index (κ2) is 6.84. The number of hydrogen-bond donors (Lipinski definition) is 1. The van der Waals surface area contributed by atoms with Gasteiger partial charge in [-0.3, -0.25) is 4.79 Å². The molecule has 0 aliphatic carbocycles. The highest BCUT2D eigenvalue weighted by atomic mass is 32.1. The predicted molar refractivity (Wildman–Crippen MR) is 102 cm³/mol. The highest BCUT2D eigenvalue weighted by Gasteiger charge is 2.35. The molecule has 2 heterocycles. The SMILES string of the molecule is Cc1c(CC(=O)O)c2cc(C(F)(F)F)c(F)cc2n1Cc1nc2ccccc2s1. The molecule has 0 fully saturated rings. The number of carboxylic acid groups (broad SMARTS) is 1. The molecule has 2 aromatic carbocycles. The number of alkyl halides is 3. The number of thiazole rings is 1. The average molecular weight is 422 g/mol. The lowest BCUT2D eigenvalue weighted by Gasteiger charge is -2.10. The van der Waals surface area contributed by atoms with E-state index in [-0.39, 0.29) is 23.0 Å². The highest BCUT2D eigenvalue weighted by Crippen LogP contribution is 2.37. The van der Waals surface area contributed by atoms with Gasteiger partial charge in [0.2, 0.25) is 0 Å². The fraction of sp³-hybridized carbons (Fsp3) is 0.200. The lowest BCUT2D eigenvalue weighted by atomic mass is 10.0. The molecule has 29 heavy (non-hydrogen) atoms. The van der Waals surface area contributed by atoms with Crippen molar-refractivity contribution in [1.82, 2.24) is 9.55 Å². The zero-order valence-corrected chi connectivity index (χ0v) is 15.9. The van der Waals surface area contributed by atoms with Crippen molar-refractivity contribution in [1.29, 1.82) is 0 Å². The normalized spacial score (nSPS) is 12.2. The van der Waals surface area contributed by atoms with E-state index in [0.717, 1.165) is 16.3 Å². The first kappa shape index (κ1) is 19.4. The van der Waals surface area contributed by atoms with Gasteiger partial charge >= 0.3 is 12.1 Å². The summed E-state index contributed by atoms with van der Waals surface area (Å²) in [5, 5.41) is 9.98. The minimum atomic E-state index is -4.87. The van der Waals surface area contributed by atoms with E-state index in [4.69, 9.17) is 0 Å². The number of carbonyl (C=O) groups is 1. The topological polar surface area (TPSA) is 55.1 Å². The summed E-state index contributed by atoms with van der Waals surface area (Å²) in [5.74, 6) is -2.57. The van der Waals surface area contributed by atoms with E-state index in [1.54, 1.807) is 11.5 Å². The summed E-state index contributed by atoms with van der Waals surface area (Å²) in [6, 6.07) is 9.00. The van der Waals surface area contributed by atoms with Crippen LogP contribution >= 0.6 is 11.3 Å². The van der Waals surface area contributed by atoms with Gasteiger partial charge in [-0.05, 0) is 36.8 Å². The Morgan fingerprint density at radius 1 is 1.24 bits per heavy atom. The summed E-state index contributed by atoms with van der Waals surface area (Å²) in [7, 11) is 0. The molecule has 150 valence electrons. The molecule has 0 amide bonds. The van der Waals surface area contributed by atoms with Gasteiger partial charge < -0.3 is 9.67 Å². The van der Waals surface area contributed by atoms with Gasteiger partial charge in [0.1, 0.15) is 10.8 Å². The molecule has 0 saturated heterocycles. The van der Waals surface area contributed by atoms with Gasteiger partial charge in [-0.25, -0.2) is 9.37 Å². The first-order valence-corrected chi connectivity index (χ1v) is 9.41. The molecule has 0 saturated carbocycles. The van der Waals surface area contributed by atoms with Crippen molar-refractivity contribution in [2.45, 2.75) is 26.1 Å². The van der Waals surface area contributed by atoms with Crippen molar-refractivity contribution in [3.8, 4) is 0 Å². The van der Waals surface area contributed by atoms with Crippen LogP contribution in [0.25, 0.3) is 21.1 Å². The summed E-state index contributed by atoms with van der Waals surface area (Å²) < 4.78 is 56.3. The first-order valence-electron chi connectivity index (χ1n) is 8.60. The van der Waals surface area contributed by atoms with Crippen LogP contribution < -0.4 is 0 Å². The van der Waals surface area contributed by atoms with Crippen LogP contribution in [0.15, 0.2) is 36.4 Å². The second-order valence-electron chi connectivity index (χ2n) is 6.64. The number of para-hydroxylation sites is 1. The van der Waals surface area contributed by atoms with E-state index in [0.29, 0.717) is 16.8 Å². The third-order valence-electron chi connectivity index (χ3n) is 4.81. The molecule has 4 nitrogen and oxygen atoms in total. The number of aromatic nitrogens is 2. The zero-order chi connectivity index (χ0) is 20.9. The van der Waals surface area contributed by atoms with E-state index in [1.807, 2.05) is 24.3 Å². The van der Waals surface area contributed by atoms with Crippen LogP contribution in [0.3, 0.4) is 0 Å². The van der Waals surface area contributed by atoms with Crippen LogP contribution in [0.2, 0.25) is 0 Å². The number of halogens is 4. The number of rotatable bonds is 4. The van der Waals surface area contributed by atoms with E-state index in [9.17, 15) is 27.5 Å². The van der Waals surface area contributed by atoms with Gasteiger partial charge in [-0.2, -0.15) is 13.2 Å². The fourth-order valence-corrected chi connectivity index (χ4v) is 4.44. The molecule has 0 unspecified atom stereocenters. The second-order valence-corrected chi connectivity index (χ2v) is 7.76. The first-order chi connectivity index (χ1) is 13.6. The van der Waals surface area contributed by atoms with Gasteiger partial charge in [-0.1, -0.05) is 12.1 Å². The molecule has 4 rings (SSSR count). The molecule has 0 aliphatic heterocycles. The summed E-state index contributed by atoms with van der Waals surface area (Å²) in [6.07, 6.45) is -5.33. The Kier molecular flexibility index (Phi) is 4.57. The molecular weight excluding hydrogens is 408 g/mol. The van der Waals surface area contributed by atoms with Crippen molar-refractivity contribution in [3.63, 3.8) is 0 Å². The van der Waals surface area contributed by atoms with Crippen molar-refractivity contribution in [2.75, 3.05) is 0 Å². The summed E-state index contributed by atoms with van der Waals surface area (Å²) >= 11 is 1.42. The molecule has 0 aliphatic rings. The van der Waals surface area contributed by atoms with Gasteiger partial charge in [0, 0.05) is 11.1 Å². The predicted octanol–water partition coefficient (Wildman–Crippen LogP) is 5.39. The maximum absolute atomic E-state index is 14.2. The van der Waals surface area contributed by atoms with Crippen LogP contribution in [0.1, 0.15) is 21.8 Å². The molecule has 4 aromatic rings. The summed E-state index contributed by atoms with van der Waals surface area (Å²) in [5.41, 5.74) is 0.301. The monoisotopic (exact) mass is 422 g/mol. The Hall–Kier alpha value is -2.94. The average Bonchev–Trinajstić information content (AvgIpc) is 3.14. The van der Waals surface area contributed by atoms with Crippen LogP contribution in [0.5, 0.6) is 0 Å². The van der Waals surface area contributed by atoms with Gasteiger partial charge in [0.25, 0.3) is 0 Å². The van der Waals surface area contributed by atoms with Crippen LogP contribution in [0, 0.1) is 12.7 Å². The zero-order valence-electron chi connectivity index (χ0n) is 15.0. The van der Waals surface area contributed by atoms with Crippen LogP contribution in [-0.2, 0) is 23.9 Å². The maximum Gasteiger partial charge on any atom is 0.419 e. The maximum atomic E-state index is 14.2. The highest BCUT2D eigenvalue weighted by molar-refractivity contribution is 7.18. The Balaban J connectivity index is 1.91. The van der Waals surface area contributed by atoms with Crippen LogP contribution in [-0.4, -0.2) is 20.6 Å². The smallest absolute Gasteiger partial charge is 0.419 e. The van der Waals surface area contributed by atoms with Gasteiger partial charge in [-0.15, -0.1) is 11.3 Å². The van der Waals surface area contributed by atoms with E-state index < -0.39 is 29.9 Å². The Labute approximate surface area is 166 Å². The number of aliphatic carboxylic acids is 1. The van der Waals surface area contributed by atoms with E-state index >= 15 is 0 Å². The molecule has 0 atom stereocenters. The number of nitrogens with zero attached hydrogens (tertiary/aromatic N) is 2. The van der Waals surface area contributed by atoms with E-state index in [1.165, 1.54) is 11.3 Å². The number of fused-ring (bicyclic) bond motifs is 2. The molecule has 0 spiro atoms. The lowest BCUT2D eigenvalue weighted by Crippen LogP contribution is -2.08. The van der Waals surface area contributed by atoms with Crippen LogP contribution in [0.4, 0.5) is 17.6 Å². The third kappa shape index (κ3) is 3.46. The third-order valence-corrected chi connectivity index (χ3v) is 5.83. The molecule has 1 N–H and O–H groups in total. The Morgan fingerprint density at radius 2 is 1.97 bits per heavy atom. The summed E-state index contributed by atoms with van der Waals surface area (Å²) in [4.78, 5) is 15.8. The van der Waals surface area contributed by atoms with Crippen molar-refractivity contribution < 1.29 is 27.5 Å². The molecule has 9 heteroatoms. The minimum Gasteiger partial charge on any atom is -0.481 e. The van der Waals surface area contributed by atoms with Crippen molar-refractivity contribution in [3.05, 3.63) is 64.0 Å².